The standard InChI is InChI=1S/C16H21N3O4S/c1-10-7-12-8-11(3-6-14(12)19(10)24(2,22)23)16(21)17-9-15(20)18-13-4-5-13/h3,6,8,10,13H,4-5,7,9H2,1-2H3,(H,17,21)(H,18,20). The molecule has 0 radical (unpaired) electrons. The zero-order valence-electron chi connectivity index (χ0n) is 13.7. The molecule has 1 aromatic rings. The minimum absolute atomic E-state index is 0.0573. The third-order valence-corrected chi connectivity index (χ3v) is 5.48. The molecule has 2 aliphatic rings. The van der Waals surface area contributed by atoms with Gasteiger partial charge < -0.3 is 10.6 Å². The van der Waals surface area contributed by atoms with Crippen LogP contribution in [0.5, 0.6) is 0 Å². The second-order valence-corrected chi connectivity index (χ2v) is 8.34. The minimum atomic E-state index is -3.35. The Morgan fingerprint density at radius 2 is 2.00 bits per heavy atom. The molecule has 2 amide bonds. The summed E-state index contributed by atoms with van der Waals surface area (Å²) in [6.45, 7) is 1.78. The highest BCUT2D eigenvalue weighted by molar-refractivity contribution is 7.92. The number of carbonyl (C=O) groups is 2. The van der Waals surface area contributed by atoms with Gasteiger partial charge in [-0.2, -0.15) is 0 Å². The summed E-state index contributed by atoms with van der Waals surface area (Å²) in [5.74, 6) is -0.530. The van der Waals surface area contributed by atoms with Crippen LogP contribution in [0.3, 0.4) is 0 Å². The van der Waals surface area contributed by atoms with Crippen LogP contribution in [0.1, 0.15) is 35.7 Å². The SMILES string of the molecule is CC1Cc2cc(C(=O)NCC(=O)NC3CC3)ccc2N1S(C)(=O)=O. The average Bonchev–Trinajstić information content (AvgIpc) is 3.22. The highest BCUT2D eigenvalue weighted by atomic mass is 32.2. The number of fused-ring (bicyclic) bond motifs is 1. The summed E-state index contributed by atoms with van der Waals surface area (Å²) in [6, 6.07) is 5.03. The van der Waals surface area contributed by atoms with Crippen molar-refractivity contribution < 1.29 is 18.0 Å². The number of carbonyl (C=O) groups excluding carboxylic acids is 2. The molecule has 1 heterocycles. The second-order valence-electron chi connectivity index (χ2n) is 6.48. The lowest BCUT2D eigenvalue weighted by Crippen LogP contribution is -2.37. The Balaban J connectivity index is 1.69. The fraction of sp³-hybridized carbons (Fsp3) is 0.500. The van der Waals surface area contributed by atoms with Gasteiger partial charge in [0.05, 0.1) is 18.5 Å². The quantitative estimate of drug-likeness (QED) is 0.803. The van der Waals surface area contributed by atoms with E-state index in [1.54, 1.807) is 18.2 Å². The number of sulfonamides is 1. The molecular weight excluding hydrogens is 330 g/mol. The van der Waals surface area contributed by atoms with Crippen LogP contribution in [0.2, 0.25) is 0 Å². The normalized spacial score (nSPS) is 19.8. The number of nitrogens with one attached hydrogen (secondary N) is 2. The van der Waals surface area contributed by atoms with Crippen LogP contribution in [-0.2, 0) is 21.2 Å². The zero-order chi connectivity index (χ0) is 17.5. The number of nitrogens with zero attached hydrogens (tertiary/aromatic N) is 1. The first-order valence-electron chi connectivity index (χ1n) is 7.95. The summed E-state index contributed by atoms with van der Waals surface area (Å²) >= 11 is 0. The van der Waals surface area contributed by atoms with Gasteiger partial charge in [-0.05, 0) is 49.9 Å². The van der Waals surface area contributed by atoms with Crippen molar-refractivity contribution in [2.45, 2.75) is 38.3 Å². The summed E-state index contributed by atoms with van der Waals surface area (Å²) < 4.78 is 25.2. The fourth-order valence-corrected chi connectivity index (χ4v) is 4.28. The van der Waals surface area contributed by atoms with Crippen molar-refractivity contribution in [1.29, 1.82) is 0 Å². The Bertz CT molecular complexity index is 787. The maximum Gasteiger partial charge on any atom is 0.251 e. The molecule has 0 aromatic heterocycles. The van der Waals surface area contributed by atoms with E-state index in [0.29, 0.717) is 17.7 Å². The first-order valence-corrected chi connectivity index (χ1v) is 9.80. The van der Waals surface area contributed by atoms with Gasteiger partial charge in [0.1, 0.15) is 0 Å². The van der Waals surface area contributed by atoms with E-state index in [9.17, 15) is 18.0 Å². The van der Waals surface area contributed by atoms with Gasteiger partial charge in [-0.1, -0.05) is 0 Å². The summed E-state index contributed by atoms with van der Waals surface area (Å²) in [7, 11) is -3.35. The maximum absolute atomic E-state index is 12.2. The van der Waals surface area contributed by atoms with Crippen LogP contribution in [-0.4, -0.2) is 45.1 Å². The Morgan fingerprint density at radius 1 is 1.29 bits per heavy atom. The monoisotopic (exact) mass is 351 g/mol. The predicted octanol–water partition coefficient (Wildman–Crippen LogP) is 0.406. The molecule has 1 aromatic carbocycles. The molecule has 1 aliphatic carbocycles. The Hall–Kier alpha value is -2.09. The molecule has 24 heavy (non-hydrogen) atoms. The minimum Gasteiger partial charge on any atom is -0.352 e. The van der Waals surface area contributed by atoms with Crippen LogP contribution in [0.25, 0.3) is 0 Å². The summed E-state index contributed by atoms with van der Waals surface area (Å²) in [5.41, 5.74) is 1.87. The predicted molar refractivity (Wildman–Crippen MR) is 90.4 cm³/mol. The molecule has 1 fully saturated rings. The molecular formula is C16H21N3O4S. The molecule has 2 N–H and O–H groups in total. The molecule has 1 unspecified atom stereocenters. The number of benzene rings is 1. The molecule has 8 heteroatoms. The third-order valence-electron chi connectivity index (χ3n) is 4.20. The topological polar surface area (TPSA) is 95.6 Å². The number of anilines is 1. The molecule has 1 atom stereocenters. The highest BCUT2D eigenvalue weighted by Crippen LogP contribution is 2.34. The first-order chi connectivity index (χ1) is 11.3. The smallest absolute Gasteiger partial charge is 0.251 e. The largest absolute Gasteiger partial charge is 0.352 e. The van der Waals surface area contributed by atoms with E-state index in [1.165, 1.54) is 10.6 Å². The first kappa shape index (κ1) is 16.8. The molecule has 1 saturated carbocycles. The van der Waals surface area contributed by atoms with Crippen LogP contribution in [0, 0.1) is 0 Å². The van der Waals surface area contributed by atoms with E-state index in [4.69, 9.17) is 0 Å². The van der Waals surface area contributed by atoms with E-state index in [-0.39, 0.29) is 30.4 Å². The van der Waals surface area contributed by atoms with Crippen LogP contribution < -0.4 is 14.9 Å². The van der Waals surface area contributed by atoms with Gasteiger partial charge in [0.25, 0.3) is 5.91 Å². The molecule has 1 aliphatic heterocycles. The van der Waals surface area contributed by atoms with E-state index < -0.39 is 10.0 Å². The lowest BCUT2D eigenvalue weighted by Gasteiger charge is -2.21. The Labute approximate surface area is 141 Å². The Kier molecular flexibility index (Phi) is 4.25. The van der Waals surface area contributed by atoms with Gasteiger partial charge in [-0.25, -0.2) is 8.42 Å². The molecule has 130 valence electrons. The van der Waals surface area contributed by atoms with E-state index in [0.717, 1.165) is 18.4 Å². The number of rotatable bonds is 5. The van der Waals surface area contributed by atoms with Gasteiger partial charge in [0.15, 0.2) is 0 Å². The van der Waals surface area contributed by atoms with Gasteiger partial charge in [0.2, 0.25) is 15.9 Å². The van der Waals surface area contributed by atoms with Crippen molar-refractivity contribution >= 4 is 27.5 Å². The number of hydrogen-bond donors (Lipinski definition) is 2. The van der Waals surface area contributed by atoms with Crippen LogP contribution in [0.4, 0.5) is 5.69 Å². The number of amides is 2. The van der Waals surface area contributed by atoms with Gasteiger partial charge >= 0.3 is 0 Å². The molecule has 0 saturated heterocycles. The summed E-state index contributed by atoms with van der Waals surface area (Å²) in [5, 5.41) is 5.40. The van der Waals surface area contributed by atoms with Crippen molar-refractivity contribution in [2.24, 2.45) is 0 Å². The van der Waals surface area contributed by atoms with Gasteiger partial charge in [-0.15, -0.1) is 0 Å². The van der Waals surface area contributed by atoms with Crippen molar-refractivity contribution in [3.05, 3.63) is 29.3 Å². The van der Waals surface area contributed by atoms with E-state index in [2.05, 4.69) is 10.6 Å². The molecule has 3 rings (SSSR count). The van der Waals surface area contributed by atoms with E-state index in [1.807, 2.05) is 6.92 Å². The van der Waals surface area contributed by atoms with Gasteiger partial charge in [0, 0.05) is 17.6 Å². The zero-order valence-corrected chi connectivity index (χ0v) is 14.5. The fourth-order valence-electron chi connectivity index (χ4n) is 3.02. The molecule has 7 nitrogen and oxygen atoms in total. The lowest BCUT2D eigenvalue weighted by atomic mass is 10.1. The van der Waals surface area contributed by atoms with Crippen molar-refractivity contribution in [3.8, 4) is 0 Å². The van der Waals surface area contributed by atoms with Crippen LogP contribution in [0.15, 0.2) is 18.2 Å². The van der Waals surface area contributed by atoms with Crippen LogP contribution >= 0.6 is 0 Å². The van der Waals surface area contributed by atoms with E-state index >= 15 is 0 Å². The van der Waals surface area contributed by atoms with Gasteiger partial charge in [-0.3, -0.25) is 13.9 Å². The van der Waals surface area contributed by atoms with Crippen molar-refractivity contribution in [2.75, 3.05) is 17.1 Å². The molecule has 0 spiro atoms. The highest BCUT2D eigenvalue weighted by Gasteiger charge is 2.32. The van der Waals surface area contributed by atoms with Crippen molar-refractivity contribution in [1.82, 2.24) is 10.6 Å². The summed E-state index contributed by atoms with van der Waals surface area (Å²) in [6.07, 6.45) is 3.74. The average molecular weight is 351 g/mol. The third kappa shape index (κ3) is 3.53. The lowest BCUT2D eigenvalue weighted by molar-refractivity contribution is -0.120. The molecule has 0 bridgehead atoms. The maximum atomic E-state index is 12.2. The second kappa shape index (κ2) is 6.08. The number of hydrogen-bond acceptors (Lipinski definition) is 4. The Morgan fingerprint density at radius 3 is 2.62 bits per heavy atom. The summed E-state index contributed by atoms with van der Waals surface area (Å²) in [4.78, 5) is 23.8. The van der Waals surface area contributed by atoms with Crippen molar-refractivity contribution in [3.63, 3.8) is 0 Å².